The van der Waals surface area contributed by atoms with E-state index in [0.29, 0.717) is 5.56 Å². The number of phenols is 2. The second kappa shape index (κ2) is 9.31. The molecule has 184 valence electrons. The number of hydrogen-bond donors (Lipinski definition) is 7. The van der Waals surface area contributed by atoms with Crippen molar-refractivity contribution >= 4 is 24.8 Å². The number of aliphatic hydroxyl groups is 2. The van der Waals surface area contributed by atoms with Gasteiger partial charge in [0.1, 0.15) is 24.6 Å². The average Bonchev–Trinajstić information content (AvgIpc) is 3.34. The summed E-state index contributed by atoms with van der Waals surface area (Å²) in [5, 5.41) is 43.7. The molecule has 1 fully saturated rings. The number of fused-ring (bicyclic) bond motifs is 1. The molecule has 0 amide bonds. The normalized spacial score (nSPS) is 22.9. The Bertz CT molecular complexity index is 1230. The smallest absolute Gasteiger partial charge is 0.469 e. The molecular formula is C18H22N5O10P. The summed E-state index contributed by atoms with van der Waals surface area (Å²) in [7, 11) is -3.44. The number of imidazole rings is 1. The maximum Gasteiger partial charge on any atom is 0.469 e. The number of anilines is 1. The van der Waals surface area contributed by atoms with Crippen LogP contribution in [0.2, 0.25) is 0 Å². The molecule has 1 saturated heterocycles. The Kier molecular flexibility index (Phi) is 6.60. The summed E-state index contributed by atoms with van der Waals surface area (Å²) in [6.45, 7) is -0.586. The highest BCUT2D eigenvalue weighted by molar-refractivity contribution is 7.46. The number of aromatic hydroxyl groups is 2. The molecule has 0 unspecified atom stereocenters. The van der Waals surface area contributed by atoms with Crippen molar-refractivity contribution in [1.82, 2.24) is 19.5 Å². The van der Waals surface area contributed by atoms with E-state index in [1.165, 1.54) is 30.4 Å². The van der Waals surface area contributed by atoms with Gasteiger partial charge in [-0.15, -0.1) is 0 Å². The minimum Gasteiger partial charge on any atom is -0.504 e. The molecule has 0 radical (unpaired) electrons. The first-order chi connectivity index (χ1) is 16.1. The van der Waals surface area contributed by atoms with E-state index in [0.717, 1.165) is 0 Å². The van der Waals surface area contributed by atoms with Crippen molar-refractivity contribution in [2.24, 2.45) is 0 Å². The molecule has 3 heterocycles. The minimum atomic E-state index is -4.80. The molecular weight excluding hydrogens is 477 g/mol. The van der Waals surface area contributed by atoms with E-state index in [4.69, 9.17) is 19.3 Å². The monoisotopic (exact) mass is 499 g/mol. The summed E-state index contributed by atoms with van der Waals surface area (Å²) in [6, 6.07) is 3.05. The maximum atomic E-state index is 10.9. The topological polar surface area (TPSA) is 222 Å². The molecule has 0 spiro atoms. The number of aliphatic hydroxyl groups excluding tert-OH is 2. The van der Waals surface area contributed by atoms with Crippen LogP contribution < -0.4 is 10.1 Å². The van der Waals surface area contributed by atoms with Gasteiger partial charge >= 0.3 is 7.82 Å². The van der Waals surface area contributed by atoms with Gasteiger partial charge in [0.05, 0.1) is 20.0 Å². The Hall–Kier alpha value is -3.04. The first-order valence-corrected chi connectivity index (χ1v) is 11.3. The number of benzene rings is 1. The van der Waals surface area contributed by atoms with Gasteiger partial charge in [-0.1, -0.05) is 0 Å². The molecule has 15 nitrogen and oxygen atoms in total. The summed E-state index contributed by atoms with van der Waals surface area (Å²) < 4.78 is 27.1. The van der Waals surface area contributed by atoms with Crippen LogP contribution in [-0.4, -0.2) is 81.8 Å². The SMILES string of the molecule is COc1ccc(CNc2ncnc3c2ncn3[C@@H]2O[C@H](COP(=O)(O)O)[C@@H](O)[C@H]2O)c(O)c1O. The van der Waals surface area contributed by atoms with Gasteiger partial charge in [-0.3, -0.25) is 9.09 Å². The third-order valence-electron chi connectivity index (χ3n) is 5.24. The van der Waals surface area contributed by atoms with E-state index in [9.17, 15) is 25.0 Å². The zero-order valence-electron chi connectivity index (χ0n) is 17.6. The molecule has 0 bridgehead atoms. The maximum absolute atomic E-state index is 10.9. The highest BCUT2D eigenvalue weighted by atomic mass is 31.2. The lowest BCUT2D eigenvalue weighted by atomic mass is 10.1. The average molecular weight is 499 g/mol. The van der Waals surface area contributed by atoms with Gasteiger partial charge in [0.2, 0.25) is 5.75 Å². The van der Waals surface area contributed by atoms with E-state index in [-0.39, 0.29) is 35.0 Å². The third-order valence-corrected chi connectivity index (χ3v) is 5.73. The van der Waals surface area contributed by atoms with Crippen LogP contribution in [0.15, 0.2) is 24.8 Å². The number of aromatic nitrogens is 4. The molecule has 0 saturated carbocycles. The fourth-order valence-electron chi connectivity index (χ4n) is 3.52. The van der Waals surface area contributed by atoms with Gasteiger partial charge in [0.15, 0.2) is 34.7 Å². The van der Waals surface area contributed by atoms with Crippen LogP contribution in [0.4, 0.5) is 5.82 Å². The second-order valence-electron chi connectivity index (χ2n) is 7.36. The molecule has 1 aromatic carbocycles. The summed E-state index contributed by atoms with van der Waals surface area (Å²) in [5.41, 5.74) is 0.863. The quantitative estimate of drug-likeness (QED) is 0.155. The molecule has 2 aromatic heterocycles. The first-order valence-electron chi connectivity index (χ1n) is 9.81. The number of ether oxygens (including phenoxy) is 2. The Labute approximate surface area is 191 Å². The molecule has 4 atom stereocenters. The van der Waals surface area contributed by atoms with Crippen molar-refractivity contribution in [1.29, 1.82) is 0 Å². The predicted octanol–water partition coefficient (Wildman–Crippen LogP) is -0.413. The van der Waals surface area contributed by atoms with Crippen molar-refractivity contribution in [2.75, 3.05) is 19.0 Å². The summed E-state index contributed by atoms with van der Waals surface area (Å²) in [6.07, 6.45) is -2.81. The number of nitrogens with one attached hydrogen (secondary N) is 1. The van der Waals surface area contributed by atoms with Gasteiger partial charge in [-0.2, -0.15) is 0 Å². The number of phosphoric ester groups is 1. The van der Waals surface area contributed by atoms with Crippen molar-refractivity contribution in [3.63, 3.8) is 0 Å². The van der Waals surface area contributed by atoms with Crippen LogP contribution in [0.1, 0.15) is 11.8 Å². The minimum absolute atomic E-state index is 0.0609. The van der Waals surface area contributed by atoms with Crippen molar-refractivity contribution < 1.29 is 48.8 Å². The Balaban J connectivity index is 1.54. The Morgan fingerprint density at radius 3 is 2.62 bits per heavy atom. The molecule has 34 heavy (non-hydrogen) atoms. The van der Waals surface area contributed by atoms with Crippen molar-refractivity contribution in [3.8, 4) is 17.2 Å². The summed E-state index contributed by atoms with van der Waals surface area (Å²) in [4.78, 5) is 30.2. The van der Waals surface area contributed by atoms with Crippen LogP contribution in [0, 0.1) is 0 Å². The summed E-state index contributed by atoms with van der Waals surface area (Å²) >= 11 is 0. The van der Waals surface area contributed by atoms with Gasteiger partial charge in [-0.25, -0.2) is 19.5 Å². The number of rotatable bonds is 8. The Morgan fingerprint density at radius 2 is 1.91 bits per heavy atom. The van der Waals surface area contributed by atoms with Crippen LogP contribution in [0.3, 0.4) is 0 Å². The van der Waals surface area contributed by atoms with E-state index in [2.05, 4.69) is 24.8 Å². The standard InChI is InChI=1S/C18H22N5O10P/c1-31-9-3-2-8(12(24)13(9)25)4-19-16-11-17(21-6-20-16)23(7-22-11)18-15(27)14(26)10(33-18)5-32-34(28,29)30/h2-3,6-7,10,14-15,18,24-27H,4-5H2,1H3,(H,19,20,21)(H2,28,29,30)/t10-,14-,15-,18-/m1/s1. The van der Waals surface area contributed by atoms with Crippen LogP contribution in [-0.2, 0) is 20.4 Å². The second-order valence-corrected chi connectivity index (χ2v) is 8.60. The van der Waals surface area contributed by atoms with Gasteiger partial charge in [0, 0.05) is 12.1 Å². The fraction of sp³-hybridized carbons (Fsp3) is 0.389. The number of hydrogen-bond acceptors (Lipinski definition) is 12. The highest BCUT2D eigenvalue weighted by Crippen LogP contribution is 2.40. The van der Waals surface area contributed by atoms with Crippen LogP contribution in [0.25, 0.3) is 11.2 Å². The molecule has 4 rings (SSSR count). The third kappa shape index (κ3) is 4.63. The molecule has 3 aromatic rings. The Morgan fingerprint density at radius 1 is 1.15 bits per heavy atom. The van der Waals surface area contributed by atoms with Gasteiger partial charge < -0.3 is 45.0 Å². The molecule has 0 aliphatic carbocycles. The largest absolute Gasteiger partial charge is 0.504 e. The molecule has 7 N–H and O–H groups in total. The molecule has 1 aliphatic rings. The number of methoxy groups -OCH3 is 1. The lowest BCUT2D eigenvalue weighted by Gasteiger charge is -2.16. The van der Waals surface area contributed by atoms with Crippen LogP contribution >= 0.6 is 7.82 Å². The van der Waals surface area contributed by atoms with Crippen molar-refractivity contribution in [3.05, 3.63) is 30.4 Å². The van der Waals surface area contributed by atoms with Crippen molar-refractivity contribution in [2.45, 2.75) is 31.1 Å². The zero-order valence-corrected chi connectivity index (χ0v) is 18.5. The van der Waals surface area contributed by atoms with Gasteiger partial charge in [0.25, 0.3) is 0 Å². The summed E-state index contributed by atoms with van der Waals surface area (Å²) in [5.74, 6) is -0.371. The number of nitrogens with zero attached hydrogens (tertiary/aromatic N) is 4. The van der Waals surface area contributed by atoms with E-state index in [1.54, 1.807) is 6.07 Å². The molecule has 16 heteroatoms. The van der Waals surface area contributed by atoms with E-state index in [1.807, 2.05) is 0 Å². The van der Waals surface area contributed by atoms with Crippen LogP contribution in [0.5, 0.6) is 17.2 Å². The van der Waals surface area contributed by atoms with E-state index < -0.39 is 44.7 Å². The van der Waals surface area contributed by atoms with E-state index >= 15 is 0 Å². The number of phosphoric acid groups is 1. The predicted molar refractivity (Wildman–Crippen MR) is 113 cm³/mol. The lowest BCUT2D eigenvalue weighted by molar-refractivity contribution is -0.0504. The number of phenolic OH excluding ortho intramolecular Hbond substituents is 2. The first kappa shape index (κ1) is 24.1. The highest BCUT2D eigenvalue weighted by Gasteiger charge is 2.45. The fourth-order valence-corrected chi connectivity index (χ4v) is 3.87. The van der Waals surface area contributed by atoms with Gasteiger partial charge in [-0.05, 0) is 12.1 Å². The molecule has 1 aliphatic heterocycles. The zero-order chi connectivity index (χ0) is 24.6. The lowest BCUT2D eigenvalue weighted by Crippen LogP contribution is -2.33.